The van der Waals surface area contributed by atoms with Gasteiger partial charge in [-0.05, 0) is 50.6 Å². The van der Waals surface area contributed by atoms with Gasteiger partial charge in [-0.2, -0.15) is 5.26 Å². The van der Waals surface area contributed by atoms with E-state index in [1.54, 1.807) is 0 Å². The van der Waals surface area contributed by atoms with Crippen molar-refractivity contribution in [1.29, 1.82) is 5.26 Å². The van der Waals surface area contributed by atoms with Crippen molar-refractivity contribution < 1.29 is 0 Å². The minimum Gasteiger partial charge on any atom is -0.311 e. The summed E-state index contributed by atoms with van der Waals surface area (Å²) in [6, 6.07) is 10.6. The van der Waals surface area contributed by atoms with Crippen LogP contribution in [0, 0.1) is 11.3 Å². The van der Waals surface area contributed by atoms with Gasteiger partial charge in [-0.15, -0.1) is 0 Å². The van der Waals surface area contributed by atoms with E-state index in [4.69, 9.17) is 5.26 Å². The van der Waals surface area contributed by atoms with Crippen LogP contribution in [0.15, 0.2) is 24.3 Å². The molecule has 1 aliphatic heterocycles. The first-order chi connectivity index (χ1) is 9.29. The molecule has 0 bridgehead atoms. The lowest BCUT2D eigenvalue weighted by molar-refractivity contribution is 0.170. The summed E-state index contributed by atoms with van der Waals surface area (Å²) in [6.07, 6.45) is 4.09. The molecule has 1 N–H and O–H groups in total. The van der Waals surface area contributed by atoms with E-state index in [1.165, 1.54) is 37.9 Å². The minimum atomic E-state index is 0.610. The third-order valence-electron chi connectivity index (χ3n) is 3.87. The molecule has 1 atom stereocenters. The average Bonchev–Trinajstić information content (AvgIpc) is 2.49. The molecule has 0 radical (unpaired) electrons. The summed E-state index contributed by atoms with van der Waals surface area (Å²) >= 11 is 0. The quantitative estimate of drug-likeness (QED) is 0.881. The van der Waals surface area contributed by atoms with Crippen LogP contribution >= 0.6 is 0 Å². The number of benzene rings is 1. The highest BCUT2D eigenvalue weighted by molar-refractivity contribution is 5.31. The van der Waals surface area contributed by atoms with Crippen LogP contribution in [0.25, 0.3) is 0 Å². The first kappa shape index (κ1) is 14.0. The monoisotopic (exact) mass is 257 g/mol. The summed E-state index contributed by atoms with van der Waals surface area (Å²) in [6.45, 7) is 6.71. The summed E-state index contributed by atoms with van der Waals surface area (Å²) in [5.41, 5.74) is 1.97. The highest BCUT2D eigenvalue weighted by Gasteiger charge is 2.15. The molecule has 102 valence electrons. The van der Waals surface area contributed by atoms with Gasteiger partial charge in [0.2, 0.25) is 0 Å². The number of hydrogen-bond acceptors (Lipinski definition) is 3. The Morgan fingerprint density at radius 2 is 1.89 bits per heavy atom. The van der Waals surface area contributed by atoms with Crippen molar-refractivity contribution in [3.8, 4) is 6.07 Å². The molecule has 0 spiro atoms. The van der Waals surface area contributed by atoms with Gasteiger partial charge in [0.1, 0.15) is 0 Å². The molecule has 1 aliphatic rings. The third-order valence-corrected chi connectivity index (χ3v) is 3.87. The van der Waals surface area contributed by atoms with Crippen molar-refractivity contribution in [2.45, 2.75) is 38.8 Å². The number of rotatable bonds is 5. The summed E-state index contributed by atoms with van der Waals surface area (Å²) in [7, 11) is 0. The van der Waals surface area contributed by atoms with Gasteiger partial charge in [0.25, 0.3) is 0 Å². The topological polar surface area (TPSA) is 39.1 Å². The summed E-state index contributed by atoms with van der Waals surface area (Å²) < 4.78 is 0. The molecule has 1 fully saturated rings. The number of nitriles is 1. The first-order valence-electron chi connectivity index (χ1n) is 7.23. The van der Waals surface area contributed by atoms with Gasteiger partial charge in [0.15, 0.2) is 0 Å². The predicted octanol–water partition coefficient (Wildman–Crippen LogP) is 2.52. The molecule has 2 rings (SSSR count). The van der Waals surface area contributed by atoms with Crippen LogP contribution < -0.4 is 5.32 Å². The number of nitrogens with one attached hydrogen (secondary N) is 1. The van der Waals surface area contributed by atoms with Crippen molar-refractivity contribution >= 4 is 0 Å². The fourth-order valence-electron chi connectivity index (χ4n) is 2.61. The van der Waals surface area contributed by atoms with E-state index in [-0.39, 0.29) is 0 Å². The Bertz CT molecular complexity index is 413. The zero-order chi connectivity index (χ0) is 13.5. The largest absolute Gasteiger partial charge is 0.311 e. The van der Waals surface area contributed by atoms with E-state index < -0.39 is 0 Å². The lowest BCUT2D eigenvalue weighted by Gasteiger charge is -2.32. The third kappa shape index (κ3) is 4.34. The van der Waals surface area contributed by atoms with Gasteiger partial charge in [0, 0.05) is 19.1 Å². The fourth-order valence-corrected chi connectivity index (χ4v) is 2.61. The Hall–Kier alpha value is -1.37. The van der Waals surface area contributed by atoms with Crippen LogP contribution in [-0.2, 0) is 6.54 Å². The zero-order valence-electron chi connectivity index (χ0n) is 11.7. The van der Waals surface area contributed by atoms with Gasteiger partial charge in [-0.3, -0.25) is 4.90 Å². The maximum absolute atomic E-state index is 8.75. The van der Waals surface area contributed by atoms with E-state index in [0.717, 1.165) is 18.7 Å². The smallest absolute Gasteiger partial charge is 0.0991 e. The molecule has 1 saturated heterocycles. The highest BCUT2D eigenvalue weighted by atomic mass is 15.2. The van der Waals surface area contributed by atoms with Crippen molar-refractivity contribution in [2.24, 2.45) is 0 Å². The van der Waals surface area contributed by atoms with E-state index in [2.05, 4.69) is 23.2 Å². The summed E-state index contributed by atoms with van der Waals surface area (Å²) in [4.78, 5) is 2.58. The molecule has 1 aromatic rings. The molecule has 1 heterocycles. The maximum atomic E-state index is 8.75. The fraction of sp³-hybridized carbons (Fsp3) is 0.562. The van der Waals surface area contributed by atoms with Crippen molar-refractivity contribution in [3.05, 3.63) is 35.4 Å². The molecule has 0 aliphatic carbocycles. The maximum Gasteiger partial charge on any atom is 0.0991 e. The Labute approximate surface area is 116 Å². The average molecular weight is 257 g/mol. The summed E-state index contributed by atoms with van der Waals surface area (Å²) in [5.74, 6) is 0. The molecule has 19 heavy (non-hydrogen) atoms. The van der Waals surface area contributed by atoms with Crippen molar-refractivity contribution in [1.82, 2.24) is 10.2 Å². The van der Waals surface area contributed by atoms with Gasteiger partial charge in [-0.25, -0.2) is 0 Å². The number of likely N-dealkylation sites (tertiary alicyclic amines) is 1. The second-order valence-electron chi connectivity index (χ2n) is 5.39. The SMILES string of the molecule is CC(CNCc1ccc(C#N)cc1)N1CCCCC1. The Morgan fingerprint density at radius 1 is 1.21 bits per heavy atom. The molecule has 1 aromatic carbocycles. The van der Waals surface area contributed by atoms with Crippen LogP contribution in [0.1, 0.15) is 37.3 Å². The normalized spacial score (nSPS) is 17.9. The Kier molecular flexibility index (Phi) is 5.38. The number of nitrogens with zero attached hydrogens (tertiary/aromatic N) is 2. The summed E-state index contributed by atoms with van der Waals surface area (Å²) in [5, 5.41) is 12.3. The van der Waals surface area contributed by atoms with Crippen LogP contribution in [0.4, 0.5) is 0 Å². The van der Waals surface area contributed by atoms with Gasteiger partial charge < -0.3 is 5.32 Å². The molecule has 3 nitrogen and oxygen atoms in total. The lowest BCUT2D eigenvalue weighted by Crippen LogP contribution is -2.42. The molecular formula is C16H23N3. The van der Waals surface area contributed by atoms with E-state index in [9.17, 15) is 0 Å². The van der Waals surface area contributed by atoms with Crippen molar-refractivity contribution in [2.75, 3.05) is 19.6 Å². The molecule has 0 saturated carbocycles. The van der Waals surface area contributed by atoms with E-state index in [1.807, 2.05) is 24.3 Å². The first-order valence-corrected chi connectivity index (χ1v) is 7.23. The second kappa shape index (κ2) is 7.28. The van der Waals surface area contributed by atoms with Gasteiger partial charge in [0.05, 0.1) is 11.6 Å². The number of hydrogen-bond donors (Lipinski definition) is 1. The van der Waals surface area contributed by atoms with Crippen LogP contribution in [0.5, 0.6) is 0 Å². The minimum absolute atomic E-state index is 0.610. The standard InChI is InChI=1S/C16H23N3/c1-14(19-9-3-2-4-10-19)12-18-13-16-7-5-15(11-17)6-8-16/h5-8,14,18H,2-4,9-10,12-13H2,1H3. The Morgan fingerprint density at radius 3 is 2.53 bits per heavy atom. The molecule has 3 heteroatoms. The lowest BCUT2D eigenvalue weighted by atomic mass is 10.1. The van der Waals surface area contributed by atoms with Crippen molar-refractivity contribution in [3.63, 3.8) is 0 Å². The predicted molar refractivity (Wildman–Crippen MR) is 77.7 cm³/mol. The molecular weight excluding hydrogens is 234 g/mol. The molecule has 0 aromatic heterocycles. The highest BCUT2D eigenvalue weighted by Crippen LogP contribution is 2.11. The second-order valence-corrected chi connectivity index (χ2v) is 5.39. The number of piperidine rings is 1. The van der Waals surface area contributed by atoms with Crippen LogP contribution in [0.2, 0.25) is 0 Å². The molecule has 0 amide bonds. The Balaban J connectivity index is 1.71. The zero-order valence-corrected chi connectivity index (χ0v) is 11.7. The molecule has 1 unspecified atom stereocenters. The van der Waals surface area contributed by atoms with Crippen LogP contribution in [0.3, 0.4) is 0 Å². The van der Waals surface area contributed by atoms with E-state index in [0.29, 0.717) is 6.04 Å². The van der Waals surface area contributed by atoms with E-state index >= 15 is 0 Å². The van der Waals surface area contributed by atoms with Gasteiger partial charge in [-0.1, -0.05) is 18.6 Å². The van der Waals surface area contributed by atoms with Crippen LogP contribution in [-0.4, -0.2) is 30.6 Å². The van der Waals surface area contributed by atoms with Gasteiger partial charge >= 0.3 is 0 Å².